The number of nitrogens with one attached hydrogen (secondary N) is 1. The maximum atomic E-state index is 12.2. The van der Waals surface area contributed by atoms with Gasteiger partial charge in [-0.15, -0.1) is 0 Å². The number of carbonyl (C=O) groups excluding carboxylic acids is 2. The summed E-state index contributed by atoms with van der Waals surface area (Å²) in [5.41, 5.74) is 0.898. The van der Waals surface area contributed by atoms with Crippen molar-refractivity contribution in [2.24, 2.45) is 0 Å². The minimum absolute atomic E-state index is 0.00470. The third-order valence-electron chi connectivity index (χ3n) is 3.67. The molecule has 1 aliphatic heterocycles. The van der Waals surface area contributed by atoms with E-state index in [1.54, 1.807) is 23.1 Å². The second kappa shape index (κ2) is 7.49. The largest absolute Gasteiger partial charge is 0.483 e. The van der Waals surface area contributed by atoms with Gasteiger partial charge in [-0.25, -0.2) is 0 Å². The van der Waals surface area contributed by atoms with Crippen LogP contribution in [0.5, 0.6) is 5.75 Å². The van der Waals surface area contributed by atoms with Crippen LogP contribution in [-0.4, -0.2) is 42.5 Å². The molecule has 22 heavy (non-hydrogen) atoms. The number of piperidine rings is 1. The standard InChI is InChI=1S/C16H21ClN2O3/c1-11-8-13(17)5-6-15(11)22-10-16(21)19-7-3-4-14(9-19)18-12(2)20/h5-6,8,14H,3-4,7,9-10H2,1-2H3,(H,18,20). The van der Waals surface area contributed by atoms with E-state index in [0.29, 0.717) is 23.9 Å². The van der Waals surface area contributed by atoms with E-state index in [-0.39, 0.29) is 24.5 Å². The number of ether oxygens (including phenoxy) is 1. The van der Waals surface area contributed by atoms with Crippen LogP contribution in [0.15, 0.2) is 18.2 Å². The molecule has 1 aliphatic rings. The van der Waals surface area contributed by atoms with Gasteiger partial charge in [-0.3, -0.25) is 9.59 Å². The summed E-state index contributed by atoms with van der Waals surface area (Å²) >= 11 is 5.89. The molecule has 120 valence electrons. The Labute approximate surface area is 135 Å². The summed E-state index contributed by atoms with van der Waals surface area (Å²) in [6.07, 6.45) is 1.79. The van der Waals surface area contributed by atoms with Gasteiger partial charge < -0.3 is 15.0 Å². The maximum Gasteiger partial charge on any atom is 0.260 e. The van der Waals surface area contributed by atoms with E-state index in [9.17, 15) is 9.59 Å². The van der Waals surface area contributed by atoms with E-state index in [4.69, 9.17) is 16.3 Å². The summed E-state index contributed by atoms with van der Waals surface area (Å²) in [5.74, 6) is 0.532. The van der Waals surface area contributed by atoms with Crippen molar-refractivity contribution in [1.82, 2.24) is 10.2 Å². The van der Waals surface area contributed by atoms with Crippen LogP contribution < -0.4 is 10.1 Å². The summed E-state index contributed by atoms with van der Waals surface area (Å²) in [6, 6.07) is 5.34. The maximum absolute atomic E-state index is 12.2. The Hall–Kier alpha value is -1.75. The van der Waals surface area contributed by atoms with Crippen LogP contribution in [0.4, 0.5) is 0 Å². The van der Waals surface area contributed by atoms with Crippen LogP contribution >= 0.6 is 11.6 Å². The molecule has 6 heteroatoms. The Morgan fingerprint density at radius 1 is 1.45 bits per heavy atom. The highest BCUT2D eigenvalue weighted by molar-refractivity contribution is 6.30. The van der Waals surface area contributed by atoms with Gasteiger partial charge in [0.2, 0.25) is 5.91 Å². The molecule has 0 spiro atoms. The fourth-order valence-corrected chi connectivity index (χ4v) is 2.84. The van der Waals surface area contributed by atoms with Gasteiger partial charge in [0.05, 0.1) is 0 Å². The minimum atomic E-state index is -0.0654. The molecular weight excluding hydrogens is 304 g/mol. The first-order valence-electron chi connectivity index (χ1n) is 7.39. The molecule has 1 unspecified atom stereocenters. The lowest BCUT2D eigenvalue weighted by molar-refractivity contribution is -0.135. The third kappa shape index (κ3) is 4.63. The van der Waals surface area contributed by atoms with Gasteiger partial charge in [-0.05, 0) is 43.5 Å². The molecular formula is C16H21ClN2O3. The van der Waals surface area contributed by atoms with E-state index in [1.807, 2.05) is 6.92 Å². The number of rotatable bonds is 4. The molecule has 0 radical (unpaired) electrons. The number of benzene rings is 1. The average Bonchev–Trinajstić information content (AvgIpc) is 2.45. The van der Waals surface area contributed by atoms with Crippen molar-refractivity contribution < 1.29 is 14.3 Å². The van der Waals surface area contributed by atoms with Crippen molar-refractivity contribution in [2.45, 2.75) is 32.7 Å². The Morgan fingerprint density at radius 3 is 2.91 bits per heavy atom. The number of hydrogen-bond acceptors (Lipinski definition) is 3. The van der Waals surface area contributed by atoms with Crippen LogP contribution in [0.2, 0.25) is 5.02 Å². The minimum Gasteiger partial charge on any atom is -0.483 e. The molecule has 1 aromatic rings. The zero-order valence-electron chi connectivity index (χ0n) is 12.9. The van der Waals surface area contributed by atoms with Crippen molar-refractivity contribution in [3.63, 3.8) is 0 Å². The molecule has 0 aromatic heterocycles. The highest BCUT2D eigenvalue weighted by Gasteiger charge is 2.24. The average molecular weight is 325 g/mol. The highest BCUT2D eigenvalue weighted by atomic mass is 35.5. The predicted octanol–water partition coefficient (Wildman–Crippen LogP) is 2.15. The number of amides is 2. The SMILES string of the molecule is CC(=O)NC1CCCN(C(=O)COc2ccc(Cl)cc2C)C1. The fraction of sp³-hybridized carbons (Fsp3) is 0.500. The van der Waals surface area contributed by atoms with Crippen LogP contribution in [-0.2, 0) is 9.59 Å². The quantitative estimate of drug-likeness (QED) is 0.923. The molecule has 0 bridgehead atoms. The Balaban J connectivity index is 1.87. The summed E-state index contributed by atoms with van der Waals surface area (Å²) in [4.78, 5) is 25.1. The molecule has 2 rings (SSSR count). The van der Waals surface area contributed by atoms with Crippen molar-refractivity contribution in [2.75, 3.05) is 19.7 Å². The smallest absolute Gasteiger partial charge is 0.260 e. The number of carbonyl (C=O) groups is 2. The number of likely N-dealkylation sites (tertiary alicyclic amines) is 1. The second-order valence-corrected chi connectivity index (χ2v) is 6.01. The summed E-state index contributed by atoms with van der Waals surface area (Å²) in [7, 11) is 0. The van der Waals surface area contributed by atoms with Gasteiger partial charge in [0.1, 0.15) is 5.75 Å². The zero-order valence-corrected chi connectivity index (χ0v) is 13.7. The monoisotopic (exact) mass is 324 g/mol. The van der Waals surface area contributed by atoms with Gasteiger partial charge in [-0.2, -0.15) is 0 Å². The van der Waals surface area contributed by atoms with E-state index >= 15 is 0 Å². The summed E-state index contributed by atoms with van der Waals surface area (Å²) < 4.78 is 5.59. The molecule has 1 N–H and O–H groups in total. The van der Waals surface area contributed by atoms with Crippen LogP contribution in [0.3, 0.4) is 0 Å². The first-order chi connectivity index (χ1) is 10.5. The van der Waals surface area contributed by atoms with Crippen molar-refractivity contribution in [1.29, 1.82) is 0 Å². The van der Waals surface area contributed by atoms with Crippen LogP contribution in [0, 0.1) is 6.92 Å². The molecule has 1 heterocycles. The molecule has 1 fully saturated rings. The fourth-order valence-electron chi connectivity index (χ4n) is 2.61. The number of aryl methyl sites for hydroxylation is 1. The predicted molar refractivity (Wildman–Crippen MR) is 85.1 cm³/mol. The number of halogens is 1. The normalized spacial score (nSPS) is 18.0. The van der Waals surface area contributed by atoms with Gasteiger partial charge >= 0.3 is 0 Å². The third-order valence-corrected chi connectivity index (χ3v) is 3.90. The lowest BCUT2D eigenvalue weighted by Crippen LogP contribution is -2.50. The first kappa shape index (κ1) is 16.6. The van der Waals surface area contributed by atoms with E-state index in [0.717, 1.165) is 18.4 Å². The Bertz CT molecular complexity index is 562. The molecule has 2 amide bonds. The van der Waals surface area contributed by atoms with E-state index < -0.39 is 0 Å². The number of hydrogen-bond donors (Lipinski definition) is 1. The van der Waals surface area contributed by atoms with Crippen LogP contribution in [0.25, 0.3) is 0 Å². The Morgan fingerprint density at radius 2 is 2.23 bits per heavy atom. The van der Waals surface area contributed by atoms with Crippen molar-refractivity contribution in [3.05, 3.63) is 28.8 Å². The second-order valence-electron chi connectivity index (χ2n) is 5.58. The number of nitrogens with zero attached hydrogens (tertiary/aromatic N) is 1. The Kier molecular flexibility index (Phi) is 5.66. The lowest BCUT2D eigenvalue weighted by atomic mass is 10.1. The molecule has 5 nitrogen and oxygen atoms in total. The topological polar surface area (TPSA) is 58.6 Å². The van der Waals surface area contributed by atoms with Crippen molar-refractivity contribution >= 4 is 23.4 Å². The molecule has 1 saturated heterocycles. The van der Waals surface area contributed by atoms with E-state index in [1.165, 1.54) is 6.92 Å². The first-order valence-corrected chi connectivity index (χ1v) is 7.77. The summed E-state index contributed by atoms with van der Waals surface area (Å²) in [6.45, 7) is 4.63. The summed E-state index contributed by atoms with van der Waals surface area (Å²) in [5, 5.41) is 3.51. The molecule has 0 saturated carbocycles. The van der Waals surface area contributed by atoms with Gasteiger partial charge in [0.25, 0.3) is 5.91 Å². The van der Waals surface area contributed by atoms with Crippen LogP contribution in [0.1, 0.15) is 25.3 Å². The van der Waals surface area contributed by atoms with Gasteiger partial charge in [0.15, 0.2) is 6.61 Å². The molecule has 1 aromatic carbocycles. The molecule has 1 atom stereocenters. The van der Waals surface area contributed by atoms with Gasteiger partial charge in [-0.1, -0.05) is 11.6 Å². The van der Waals surface area contributed by atoms with Crippen molar-refractivity contribution in [3.8, 4) is 5.75 Å². The van der Waals surface area contributed by atoms with Gasteiger partial charge in [0, 0.05) is 31.1 Å². The molecule has 0 aliphatic carbocycles. The lowest BCUT2D eigenvalue weighted by Gasteiger charge is -2.33. The zero-order chi connectivity index (χ0) is 16.1. The van der Waals surface area contributed by atoms with E-state index in [2.05, 4.69) is 5.32 Å². The highest BCUT2D eigenvalue weighted by Crippen LogP contribution is 2.22.